The molecule has 0 radical (unpaired) electrons. The molecule has 0 aliphatic heterocycles. The van der Waals surface area contributed by atoms with Crippen LogP contribution in [0.3, 0.4) is 0 Å². The Labute approximate surface area is 203 Å². The minimum Gasteiger partial charge on any atom is -0.493 e. The molecule has 12 heteroatoms. The van der Waals surface area contributed by atoms with Gasteiger partial charge in [-0.05, 0) is 38.7 Å². The number of ether oxygens (including phenoxy) is 1. The maximum absolute atomic E-state index is 13.0. The molecule has 0 unspecified atom stereocenters. The zero-order valence-electron chi connectivity index (χ0n) is 18.1. The molecular formula is C22H22Cl2F3N5O2. The molecule has 0 spiro atoms. The fourth-order valence-corrected chi connectivity index (χ4v) is 4.49. The predicted octanol–water partition coefficient (Wildman–Crippen LogP) is 6.26. The van der Waals surface area contributed by atoms with Crippen molar-refractivity contribution in [3.05, 3.63) is 40.1 Å². The van der Waals surface area contributed by atoms with Crippen molar-refractivity contribution in [2.45, 2.75) is 44.8 Å². The highest BCUT2D eigenvalue weighted by Crippen LogP contribution is 2.38. The quantitative estimate of drug-likeness (QED) is 0.360. The van der Waals surface area contributed by atoms with Crippen LogP contribution in [0.25, 0.3) is 11.0 Å². The average Bonchev–Trinajstić information content (AvgIpc) is 3.17. The van der Waals surface area contributed by atoms with Gasteiger partial charge in [-0.25, -0.2) is 4.98 Å². The molecule has 182 valence electrons. The van der Waals surface area contributed by atoms with E-state index < -0.39 is 18.0 Å². The van der Waals surface area contributed by atoms with E-state index >= 15 is 0 Å². The van der Waals surface area contributed by atoms with Crippen LogP contribution in [0.1, 0.15) is 43.0 Å². The number of imidazole rings is 1. The summed E-state index contributed by atoms with van der Waals surface area (Å²) in [6.07, 6.45) is -0.774. The smallest absolute Gasteiger partial charge is 0.391 e. The van der Waals surface area contributed by atoms with Crippen LogP contribution in [0.5, 0.6) is 5.75 Å². The first-order valence-corrected chi connectivity index (χ1v) is 11.5. The van der Waals surface area contributed by atoms with E-state index in [1.165, 1.54) is 12.4 Å². The Kier molecular flexibility index (Phi) is 7.09. The van der Waals surface area contributed by atoms with Crippen molar-refractivity contribution in [3.8, 4) is 5.75 Å². The molecule has 1 aromatic carbocycles. The Morgan fingerprint density at radius 1 is 1.18 bits per heavy atom. The zero-order valence-corrected chi connectivity index (χ0v) is 19.6. The molecule has 1 saturated carbocycles. The Bertz CT molecular complexity index is 1170. The monoisotopic (exact) mass is 515 g/mol. The second-order valence-electron chi connectivity index (χ2n) is 8.05. The van der Waals surface area contributed by atoms with E-state index in [9.17, 15) is 18.0 Å². The van der Waals surface area contributed by atoms with Crippen LogP contribution in [-0.2, 0) is 0 Å². The number of fused-ring (bicyclic) bond motifs is 1. The lowest BCUT2D eigenvalue weighted by Gasteiger charge is -2.30. The molecule has 4 rings (SSSR count). The standard InChI is InChI=1S/C22H22Cl2F3N5O2/c1-2-34-18-8-17-16(30-21(31-17)32-19-14(23)9-28-10-15(19)24)7-13(18)20(33)29-12-5-3-11(4-6-12)22(25,26)27/h7-12H,2-6H2,1H3,(H,29,33)(H2,28,30,31,32)/t11-,12-. The third-order valence-electron chi connectivity index (χ3n) is 5.75. The number of benzene rings is 1. The minimum absolute atomic E-state index is 0.000317. The first-order valence-electron chi connectivity index (χ1n) is 10.8. The van der Waals surface area contributed by atoms with Crippen molar-refractivity contribution in [1.82, 2.24) is 20.3 Å². The number of nitrogens with zero attached hydrogens (tertiary/aromatic N) is 2. The lowest BCUT2D eigenvalue weighted by Crippen LogP contribution is -2.40. The molecule has 34 heavy (non-hydrogen) atoms. The zero-order chi connectivity index (χ0) is 24.5. The normalized spacial score (nSPS) is 18.6. The molecule has 1 amide bonds. The minimum atomic E-state index is -4.20. The number of amides is 1. The third kappa shape index (κ3) is 5.33. The summed E-state index contributed by atoms with van der Waals surface area (Å²) in [6, 6.07) is 2.90. The van der Waals surface area contributed by atoms with Gasteiger partial charge < -0.3 is 20.4 Å². The number of hydrogen-bond acceptors (Lipinski definition) is 5. The second kappa shape index (κ2) is 9.87. The van der Waals surface area contributed by atoms with Gasteiger partial charge in [0.05, 0.1) is 44.9 Å². The van der Waals surface area contributed by atoms with Crippen LogP contribution < -0.4 is 15.4 Å². The van der Waals surface area contributed by atoms with Gasteiger partial charge in [0.2, 0.25) is 5.95 Å². The molecule has 0 bridgehead atoms. The van der Waals surface area contributed by atoms with Gasteiger partial charge in [-0.2, -0.15) is 13.2 Å². The van der Waals surface area contributed by atoms with E-state index in [1.807, 2.05) is 0 Å². The molecule has 3 aromatic rings. The number of carbonyl (C=O) groups excluding carboxylic acids is 1. The third-order valence-corrected chi connectivity index (χ3v) is 6.32. The Morgan fingerprint density at radius 3 is 2.47 bits per heavy atom. The van der Waals surface area contributed by atoms with Crippen LogP contribution in [0.15, 0.2) is 24.5 Å². The van der Waals surface area contributed by atoms with Crippen molar-refractivity contribution >= 4 is 51.8 Å². The Hall–Kier alpha value is -2.72. The first kappa shape index (κ1) is 24.4. The summed E-state index contributed by atoms with van der Waals surface area (Å²) >= 11 is 12.3. The molecule has 1 fully saturated rings. The first-order chi connectivity index (χ1) is 16.2. The molecular weight excluding hydrogens is 494 g/mol. The molecule has 0 saturated heterocycles. The van der Waals surface area contributed by atoms with Crippen LogP contribution in [0.2, 0.25) is 10.0 Å². The molecule has 0 atom stereocenters. The number of aromatic amines is 1. The predicted molar refractivity (Wildman–Crippen MR) is 124 cm³/mol. The highest BCUT2D eigenvalue weighted by molar-refractivity contribution is 6.39. The van der Waals surface area contributed by atoms with Gasteiger partial charge in [0.25, 0.3) is 5.91 Å². The van der Waals surface area contributed by atoms with Gasteiger partial charge >= 0.3 is 6.18 Å². The summed E-state index contributed by atoms with van der Waals surface area (Å²) in [7, 11) is 0. The SMILES string of the molecule is CCOc1cc2[nH]c(Nc3c(Cl)cncc3Cl)nc2cc1C(=O)N[C@H]1CC[C@H](C(F)(F)F)CC1. The van der Waals surface area contributed by atoms with Crippen molar-refractivity contribution < 1.29 is 22.7 Å². The molecule has 7 nitrogen and oxygen atoms in total. The van der Waals surface area contributed by atoms with E-state index in [1.54, 1.807) is 19.1 Å². The summed E-state index contributed by atoms with van der Waals surface area (Å²) in [5, 5.41) is 6.48. The Morgan fingerprint density at radius 2 is 1.85 bits per heavy atom. The number of rotatable bonds is 6. The summed E-state index contributed by atoms with van der Waals surface area (Å²) in [6.45, 7) is 2.11. The highest BCUT2D eigenvalue weighted by atomic mass is 35.5. The number of H-pyrrole nitrogens is 1. The van der Waals surface area contributed by atoms with Gasteiger partial charge in [0, 0.05) is 24.5 Å². The number of halogens is 5. The maximum atomic E-state index is 13.0. The number of anilines is 2. The summed E-state index contributed by atoms with van der Waals surface area (Å²) in [5.41, 5.74) is 1.77. The lowest BCUT2D eigenvalue weighted by molar-refractivity contribution is -0.182. The van der Waals surface area contributed by atoms with Crippen molar-refractivity contribution in [2.24, 2.45) is 5.92 Å². The summed E-state index contributed by atoms with van der Waals surface area (Å²) in [5.74, 6) is -1.05. The topological polar surface area (TPSA) is 91.9 Å². The number of pyridine rings is 1. The van der Waals surface area contributed by atoms with Crippen LogP contribution >= 0.6 is 23.2 Å². The van der Waals surface area contributed by atoms with Gasteiger partial charge in [-0.3, -0.25) is 9.78 Å². The van der Waals surface area contributed by atoms with Crippen molar-refractivity contribution in [1.29, 1.82) is 0 Å². The molecule has 1 aliphatic carbocycles. The van der Waals surface area contributed by atoms with Crippen LogP contribution in [0.4, 0.5) is 24.8 Å². The average molecular weight is 516 g/mol. The number of aromatic nitrogens is 3. The highest BCUT2D eigenvalue weighted by Gasteiger charge is 2.41. The molecule has 2 aromatic heterocycles. The van der Waals surface area contributed by atoms with Gasteiger partial charge in [-0.15, -0.1) is 0 Å². The van der Waals surface area contributed by atoms with Gasteiger partial charge in [-0.1, -0.05) is 23.2 Å². The number of alkyl halides is 3. The number of hydrogen-bond donors (Lipinski definition) is 3. The fraction of sp³-hybridized carbons (Fsp3) is 0.409. The molecule has 1 aliphatic rings. The number of carbonyl (C=O) groups is 1. The molecule has 2 heterocycles. The largest absolute Gasteiger partial charge is 0.493 e. The number of nitrogens with one attached hydrogen (secondary N) is 3. The van der Waals surface area contributed by atoms with Gasteiger partial charge in [0.1, 0.15) is 5.75 Å². The van der Waals surface area contributed by atoms with E-state index in [4.69, 9.17) is 27.9 Å². The van der Waals surface area contributed by atoms with Crippen LogP contribution in [-0.4, -0.2) is 39.7 Å². The van der Waals surface area contributed by atoms with E-state index in [0.29, 0.717) is 45.1 Å². The van der Waals surface area contributed by atoms with E-state index in [-0.39, 0.29) is 37.3 Å². The molecule has 3 N–H and O–H groups in total. The maximum Gasteiger partial charge on any atom is 0.391 e. The second-order valence-corrected chi connectivity index (χ2v) is 8.87. The van der Waals surface area contributed by atoms with Crippen molar-refractivity contribution in [3.63, 3.8) is 0 Å². The van der Waals surface area contributed by atoms with E-state index in [2.05, 4.69) is 25.6 Å². The summed E-state index contributed by atoms with van der Waals surface area (Å²) < 4.78 is 44.4. The van der Waals surface area contributed by atoms with Crippen LogP contribution in [0, 0.1) is 5.92 Å². The van der Waals surface area contributed by atoms with Crippen molar-refractivity contribution in [2.75, 3.05) is 11.9 Å². The fourth-order valence-electron chi connectivity index (χ4n) is 4.03. The van der Waals surface area contributed by atoms with Gasteiger partial charge in [0.15, 0.2) is 0 Å². The lowest BCUT2D eigenvalue weighted by atomic mass is 9.85. The van der Waals surface area contributed by atoms with E-state index in [0.717, 1.165) is 0 Å². The Balaban J connectivity index is 1.55. The summed E-state index contributed by atoms with van der Waals surface area (Å²) in [4.78, 5) is 24.5.